The highest BCUT2D eigenvalue weighted by atomic mass is 35.5. The fourth-order valence-corrected chi connectivity index (χ4v) is 2.63. The molecule has 0 spiro atoms. The summed E-state index contributed by atoms with van der Waals surface area (Å²) < 4.78 is 7.38. The number of halogens is 1. The van der Waals surface area contributed by atoms with Crippen LogP contribution in [0.2, 0.25) is 0 Å². The van der Waals surface area contributed by atoms with Crippen LogP contribution in [0.3, 0.4) is 0 Å². The average Bonchev–Trinajstić information content (AvgIpc) is 2.74. The molecule has 5 heteroatoms. The second kappa shape index (κ2) is 6.32. The first-order valence-electron chi connectivity index (χ1n) is 7.31. The Kier molecular flexibility index (Phi) is 4.89. The standard InChI is InChI=1S/C16H24ClN3O/c1-11-6-7-13-15(18-11)20(14(19-13)12(2)17)10-16(3,4)8-9-21-5/h6-7,12H,8-10H2,1-5H3. The van der Waals surface area contributed by atoms with E-state index in [0.29, 0.717) is 0 Å². The molecule has 0 aliphatic rings. The number of aryl methyl sites for hydroxylation is 1. The molecule has 2 aromatic rings. The van der Waals surface area contributed by atoms with Crippen LogP contribution < -0.4 is 0 Å². The van der Waals surface area contributed by atoms with E-state index in [0.717, 1.165) is 42.3 Å². The van der Waals surface area contributed by atoms with E-state index < -0.39 is 0 Å². The Morgan fingerprint density at radius 2 is 2.05 bits per heavy atom. The minimum atomic E-state index is -0.141. The Morgan fingerprint density at radius 1 is 1.33 bits per heavy atom. The maximum Gasteiger partial charge on any atom is 0.160 e. The lowest BCUT2D eigenvalue weighted by atomic mass is 9.89. The van der Waals surface area contributed by atoms with E-state index >= 15 is 0 Å². The van der Waals surface area contributed by atoms with Crippen molar-refractivity contribution in [3.63, 3.8) is 0 Å². The van der Waals surface area contributed by atoms with E-state index in [1.54, 1.807) is 7.11 Å². The van der Waals surface area contributed by atoms with E-state index in [2.05, 4.69) is 28.4 Å². The Morgan fingerprint density at radius 3 is 2.67 bits per heavy atom. The van der Waals surface area contributed by atoms with E-state index in [1.807, 2.05) is 26.0 Å². The Labute approximate surface area is 131 Å². The topological polar surface area (TPSA) is 39.9 Å². The van der Waals surface area contributed by atoms with Crippen molar-refractivity contribution >= 4 is 22.8 Å². The molecule has 0 aromatic carbocycles. The minimum Gasteiger partial charge on any atom is -0.385 e. The van der Waals surface area contributed by atoms with E-state index in [4.69, 9.17) is 16.3 Å². The molecule has 21 heavy (non-hydrogen) atoms. The van der Waals surface area contributed by atoms with E-state index in [9.17, 15) is 0 Å². The fourth-order valence-electron chi connectivity index (χ4n) is 2.46. The molecular formula is C16H24ClN3O. The largest absolute Gasteiger partial charge is 0.385 e. The van der Waals surface area contributed by atoms with Crippen LogP contribution in [0.15, 0.2) is 12.1 Å². The summed E-state index contributed by atoms with van der Waals surface area (Å²) in [5.41, 5.74) is 2.91. The predicted octanol–water partition coefficient (Wildman–Crippen LogP) is 4.10. The molecule has 2 rings (SSSR count). The summed E-state index contributed by atoms with van der Waals surface area (Å²) in [6.07, 6.45) is 0.977. The number of pyridine rings is 1. The van der Waals surface area contributed by atoms with Crippen molar-refractivity contribution < 1.29 is 4.74 Å². The highest BCUT2D eigenvalue weighted by Crippen LogP contribution is 2.30. The van der Waals surface area contributed by atoms with Crippen LogP contribution in [-0.2, 0) is 11.3 Å². The maximum atomic E-state index is 6.32. The van der Waals surface area contributed by atoms with Crippen molar-refractivity contribution in [1.29, 1.82) is 0 Å². The molecule has 116 valence electrons. The first-order chi connectivity index (χ1) is 9.84. The van der Waals surface area contributed by atoms with Crippen molar-refractivity contribution in [3.8, 4) is 0 Å². The van der Waals surface area contributed by atoms with Crippen molar-refractivity contribution in [2.24, 2.45) is 5.41 Å². The Bertz CT molecular complexity index is 619. The Hall–Kier alpha value is -1.13. The van der Waals surface area contributed by atoms with Crippen LogP contribution in [0, 0.1) is 12.3 Å². The zero-order valence-corrected chi connectivity index (χ0v) is 14.2. The van der Waals surface area contributed by atoms with Gasteiger partial charge in [-0.1, -0.05) is 13.8 Å². The number of imidazole rings is 1. The molecule has 0 aliphatic heterocycles. The summed E-state index contributed by atoms with van der Waals surface area (Å²) in [4.78, 5) is 9.31. The van der Waals surface area contributed by atoms with Gasteiger partial charge in [0.15, 0.2) is 5.65 Å². The number of methoxy groups -OCH3 is 1. The first-order valence-corrected chi connectivity index (χ1v) is 7.74. The third-order valence-electron chi connectivity index (χ3n) is 3.69. The van der Waals surface area contributed by atoms with Crippen LogP contribution in [-0.4, -0.2) is 28.3 Å². The van der Waals surface area contributed by atoms with Crippen LogP contribution in [0.1, 0.15) is 44.1 Å². The molecule has 0 saturated heterocycles. The third-order valence-corrected chi connectivity index (χ3v) is 3.88. The summed E-state index contributed by atoms with van der Waals surface area (Å²) in [5, 5.41) is -0.141. The highest BCUT2D eigenvalue weighted by molar-refractivity contribution is 6.20. The van der Waals surface area contributed by atoms with Crippen LogP contribution in [0.5, 0.6) is 0 Å². The van der Waals surface area contributed by atoms with Gasteiger partial charge in [-0.05, 0) is 37.8 Å². The van der Waals surface area contributed by atoms with Crippen molar-refractivity contribution in [2.75, 3.05) is 13.7 Å². The number of alkyl halides is 1. The lowest BCUT2D eigenvalue weighted by molar-refractivity contribution is 0.142. The normalized spacial score (nSPS) is 13.8. The summed E-state index contributed by atoms with van der Waals surface area (Å²) in [6, 6.07) is 4.00. The minimum absolute atomic E-state index is 0.0929. The first kappa shape index (κ1) is 16.2. The zero-order chi connectivity index (χ0) is 15.6. The zero-order valence-electron chi connectivity index (χ0n) is 13.5. The molecule has 0 aliphatic carbocycles. The van der Waals surface area contributed by atoms with Gasteiger partial charge in [0.1, 0.15) is 11.3 Å². The average molecular weight is 310 g/mol. The lowest BCUT2D eigenvalue weighted by Crippen LogP contribution is -2.23. The molecule has 0 fully saturated rings. The smallest absolute Gasteiger partial charge is 0.160 e. The second-order valence-electron chi connectivity index (χ2n) is 6.37. The lowest BCUT2D eigenvalue weighted by Gasteiger charge is -2.26. The summed E-state index contributed by atoms with van der Waals surface area (Å²) >= 11 is 6.32. The molecule has 2 heterocycles. The maximum absolute atomic E-state index is 6.32. The Balaban J connectivity index is 2.44. The fraction of sp³-hybridized carbons (Fsp3) is 0.625. The van der Waals surface area contributed by atoms with Crippen LogP contribution in [0.25, 0.3) is 11.2 Å². The molecular weight excluding hydrogens is 286 g/mol. The predicted molar refractivity (Wildman–Crippen MR) is 86.8 cm³/mol. The molecule has 2 aromatic heterocycles. The monoisotopic (exact) mass is 309 g/mol. The SMILES string of the molecule is COCCC(C)(C)Cn1c(C(C)Cl)nc2ccc(C)nc21. The number of nitrogens with zero attached hydrogens (tertiary/aromatic N) is 3. The number of hydrogen-bond acceptors (Lipinski definition) is 3. The number of rotatable bonds is 6. The molecule has 0 N–H and O–H groups in total. The van der Waals surface area contributed by atoms with E-state index in [1.165, 1.54) is 0 Å². The molecule has 0 bridgehead atoms. The van der Waals surface area contributed by atoms with Crippen molar-refractivity contribution in [1.82, 2.24) is 14.5 Å². The molecule has 0 amide bonds. The van der Waals surface area contributed by atoms with Gasteiger partial charge in [-0.2, -0.15) is 0 Å². The summed E-state index contributed by atoms with van der Waals surface area (Å²) in [6.45, 7) is 9.99. The van der Waals surface area contributed by atoms with E-state index in [-0.39, 0.29) is 10.8 Å². The van der Waals surface area contributed by atoms with Gasteiger partial charge in [-0.25, -0.2) is 9.97 Å². The third kappa shape index (κ3) is 3.74. The van der Waals surface area contributed by atoms with Gasteiger partial charge >= 0.3 is 0 Å². The van der Waals surface area contributed by atoms with Gasteiger partial charge in [0.25, 0.3) is 0 Å². The molecule has 0 saturated carbocycles. The highest BCUT2D eigenvalue weighted by Gasteiger charge is 2.24. The van der Waals surface area contributed by atoms with Crippen LogP contribution >= 0.6 is 11.6 Å². The molecule has 1 unspecified atom stereocenters. The van der Waals surface area contributed by atoms with Gasteiger partial charge in [0.05, 0.1) is 5.38 Å². The molecule has 4 nitrogen and oxygen atoms in total. The van der Waals surface area contributed by atoms with Gasteiger partial charge in [0, 0.05) is 26.0 Å². The van der Waals surface area contributed by atoms with Gasteiger partial charge in [0.2, 0.25) is 0 Å². The second-order valence-corrected chi connectivity index (χ2v) is 7.03. The van der Waals surface area contributed by atoms with Gasteiger partial charge in [-0.15, -0.1) is 11.6 Å². The number of aromatic nitrogens is 3. The number of fused-ring (bicyclic) bond motifs is 1. The number of hydrogen-bond donors (Lipinski definition) is 0. The van der Waals surface area contributed by atoms with Crippen LogP contribution in [0.4, 0.5) is 0 Å². The molecule has 1 atom stereocenters. The van der Waals surface area contributed by atoms with Crippen molar-refractivity contribution in [3.05, 3.63) is 23.7 Å². The summed E-state index contributed by atoms with van der Waals surface area (Å²) in [7, 11) is 1.74. The van der Waals surface area contributed by atoms with Crippen molar-refractivity contribution in [2.45, 2.75) is 46.0 Å². The van der Waals surface area contributed by atoms with Gasteiger partial charge < -0.3 is 9.30 Å². The molecule has 0 radical (unpaired) electrons. The summed E-state index contributed by atoms with van der Waals surface area (Å²) in [5.74, 6) is 0.884. The quantitative estimate of drug-likeness (QED) is 0.754. The number of ether oxygens (including phenoxy) is 1. The van der Waals surface area contributed by atoms with Gasteiger partial charge in [-0.3, -0.25) is 0 Å².